The molecule has 2 heterocycles. The van der Waals surface area contributed by atoms with Crippen LogP contribution < -0.4 is 4.90 Å². The zero-order valence-electron chi connectivity index (χ0n) is 9.03. The average Bonchev–Trinajstić information content (AvgIpc) is 2.59. The molecule has 0 saturated carbocycles. The topological polar surface area (TPSA) is 36.4 Å². The number of aliphatic hydroxyl groups is 1. The van der Waals surface area contributed by atoms with E-state index in [0.717, 1.165) is 18.8 Å². The number of anilines is 1. The summed E-state index contributed by atoms with van der Waals surface area (Å²) in [5.74, 6) is 1.17. The molecule has 0 bridgehead atoms. The van der Waals surface area contributed by atoms with Gasteiger partial charge in [-0.2, -0.15) is 0 Å². The first kappa shape index (κ1) is 12.0. The Kier molecular flexibility index (Phi) is 3.57. The van der Waals surface area contributed by atoms with Crippen molar-refractivity contribution in [1.82, 2.24) is 4.98 Å². The largest absolute Gasteiger partial charge is 0.394 e. The number of hydrogen-bond acceptors (Lipinski definition) is 3. The van der Waals surface area contributed by atoms with Gasteiger partial charge in [0.15, 0.2) is 0 Å². The maximum atomic E-state index is 9.38. The van der Waals surface area contributed by atoms with Crippen LogP contribution in [-0.4, -0.2) is 29.3 Å². The monoisotopic (exact) mass is 260 g/mol. The normalized spacial score (nSPS) is 25.1. The van der Waals surface area contributed by atoms with Crippen LogP contribution in [-0.2, 0) is 0 Å². The molecule has 2 rings (SSSR count). The molecule has 5 heteroatoms. The molecule has 3 nitrogen and oxygen atoms in total. The standard InChI is InChI=1S/C11H14Cl2N2O/c1-7-2-3-15(10(7)6-16)11-9(13)4-8(12)5-14-11/h4-5,7,10,16H,2-3,6H2,1H3. The van der Waals surface area contributed by atoms with E-state index in [-0.39, 0.29) is 12.6 Å². The minimum absolute atomic E-state index is 0.103. The molecule has 0 radical (unpaired) electrons. The average molecular weight is 261 g/mol. The fourth-order valence-corrected chi connectivity index (χ4v) is 2.66. The van der Waals surface area contributed by atoms with Gasteiger partial charge in [0, 0.05) is 12.7 Å². The number of halogens is 2. The van der Waals surface area contributed by atoms with Crippen molar-refractivity contribution in [3.05, 3.63) is 22.3 Å². The van der Waals surface area contributed by atoms with Crippen molar-refractivity contribution in [3.8, 4) is 0 Å². The highest BCUT2D eigenvalue weighted by Gasteiger charge is 2.32. The highest BCUT2D eigenvalue weighted by Crippen LogP contribution is 2.33. The van der Waals surface area contributed by atoms with Crippen LogP contribution in [0.3, 0.4) is 0 Å². The molecule has 16 heavy (non-hydrogen) atoms. The SMILES string of the molecule is CC1CCN(c2ncc(Cl)cc2Cl)C1CO. The fraction of sp³-hybridized carbons (Fsp3) is 0.545. The zero-order valence-corrected chi connectivity index (χ0v) is 10.5. The lowest BCUT2D eigenvalue weighted by Gasteiger charge is -2.26. The number of aliphatic hydroxyl groups excluding tert-OH is 1. The summed E-state index contributed by atoms with van der Waals surface area (Å²) in [5, 5.41) is 10.4. The Balaban J connectivity index is 2.30. The van der Waals surface area contributed by atoms with E-state index in [9.17, 15) is 5.11 Å². The van der Waals surface area contributed by atoms with Gasteiger partial charge in [0.1, 0.15) is 5.82 Å². The Hall–Kier alpha value is -0.510. The third kappa shape index (κ3) is 2.12. The summed E-state index contributed by atoms with van der Waals surface area (Å²) in [6, 6.07) is 1.79. The molecule has 2 unspecified atom stereocenters. The van der Waals surface area contributed by atoms with Gasteiger partial charge in [0.25, 0.3) is 0 Å². The predicted octanol–water partition coefficient (Wildman–Crippen LogP) is 2.60. The molecule has 1 saturated heterocycles. The molecule has 0 amide bonds. The number of rotatable bonds is 2. The van der Waals surface area contributed by atoms with Crippen molar-refractivity contribution in [2.75, 3.05) is 18.1 Å². The Morgan fingerprint density at radius 2 is 2.31 bits per heavy atom. The van der Waals surface area contributed by atoms with E-state index in [1.54, 1.807) is 12.3 Å². The van der Waals surface area contributed by atoms with E-state index >= 15 is 0 Å². The van der Waals surface area contributed by atoms with Crippen LogP contribution in [0.4, 0.5) is 5.82 Å². The van der Waals surface area contributed by atoms with Gasteiger partial charge in [-0.25, -0.2) is 4.98 Å². The fourth-order valence-electron chi connectivity index (χ4n) is 2.17. The highest BCUT2D eigenvalue weighted by molar-refractivity contribution is 6.36. The molecule has 0 aromatic carbocycles. The van der Waals surface area contributed by atoms with E-state index in [1.165, 1.54) is 0 Å². The van der Waals surface area contributed by atoms with Crippen molar-refractivity contribution >= 4 is 29.0 Å². The smallest absolute Gasteiger partial charge is 0.147 e. The quantitative estimate of drug-likeness (QED) is 0.888. The number of aromatic nitrogens is 1. The van der Waals surface area contributed by atoms with Crippen molar-refractivity contribution < 1.29 is 5.11 Å². The molecule has 1 N–H and O–H groups in total. The predicted molar refractivity (Wildman–Crippen MR) is 66.3 cm³/mol. The molecular formula is C11H14Cl2N2O. The van der Waals surface area contributed by atoms with E-state index in [0.29, 0.717) is 16.0 Å². The van der Waals surface area contributed by atoms with Gasteiger partial charge in [0.05, 0.1) is 22.7 Å². The molecule has 1 aromatic rings. The molecule has 1 fully saturated rings. The Labute approximate surface area is 105 Å². The minimum Gasteiger partial charge on any atom is -0.394 e. The van der Waals surface area contributed by atoms with Crippen molar-refractivity contribution in [2.45, 2.75) is 19.4 Å². The maximum Gasteiger partial charge on any atom is 0.147 e. The number of pyridine rings is 1. The van der Waals surface area contributed by atoms with Gasteiger partial charge in [-0.3, -0.25) is 0 Å². The number of nitrogens with zero attached hydrogens (tertiary/aromatic N) is 2. The lowest BCUT2D eigenvalue weighted by atomic mass is 10.0. The lowest BCUT2D eigenvalue weighted by Crippen LogP contribution is -2.35. The molecule has 1 aromatic heterocycles. The number of hydrogen-bond donors (Lipinski definition) is 1. The molecule has 88 valence electrons. The first-order valence-electron chi connectivity index (χ1n) is 5.32. The Bertz CT molecular complexity index is 386. The molecule has 1 aliphatic heterocycles. The van der Waals surface area contributed by atoms with Crippen LogP contribution >= 0.6 is 23.2 Å². The van der Waals surface area contributed by atoms with Crippen LogP contribution in [0, 0.1) is 5.92 Å². The summed E-state index contributed by atoms with van der Waals surface area (Å²) < 4.78 is 0. The van der Waals surface area contributed by atoms with Crippen molar-refractivity contribution in [3.63, 3.8) is 0 Å². The van der Waals surface area contributed by atoms with Crippen LogP contribution in [0.1, 0.15) is 13.3 Å². The third-order valence-electron chi connectivity index (χ3n) is 3.13. The first-order chi connectivity index (χ1) is 7.63. The van der Waals surface area contributed by atoms with Gasteiger partial charge in [0.2, 0.25) is 0 Å². The van der Waals surface area contributed by atoms with Crippen LogP contribution in [0.15, 0.2) is 12.3 Å². The minimum atomic E-state index is 0.103. The molecule has 1 aliphatic rings. The van der Waals surface area contributed by atoms with Gasteiger partial charge in [-0.1, -0.05) is 30.1 Å². The summed E-state index contributed by atoms with van der Waals surface area (Å²) in [5.41, 5.74) is 0. The van der Waals surface area contributed by atoms with E-state index in [1.807, 2.05) is 0 Å². The second-order valence-electron chi connectivity index (χ2n) is 4.17. The molecule has 2 atom stereocenters. The van der Waals surface area contributed by atoms with E-state index in [2.05, 4.69) is 16.8 Å². The van der Waals surface area contributed by atoms with Gasteiger partial charge in [-0.05, 0) is 18.4 Å². The molecule has 0 aliphatic carbocycles. The van der Waals surface area contributed by atoms with Gasteiger partial charge >= 0.3 is 0 Å². The van der Waals surface area contributed by atoms with Gasteiger partial charge < -0.3 is 10.0 Å². The zero-order chi connectivity index (χ0) is 11.7. The van der Waals surface area contributed by atoms with E-state index in [4.69, 9.17) is 23.2 Å². The molecule has 0 spiro atoms. The van der Waals surface area contributed by atoms with Crippen molar-refractivity contribution in [2.24, 2.45) is 5.92 Å². The maximum absolute atomic E-state index is 9.38. The molecular weight excluding hydrogens is 247 g/mol. The van der Waals surface area contributed by atoms with Gasteiger partial charge in [-0.15, -0.1) is 0 Å². The summed E-state index contributed by atoms with van der Waals surface area (Å²) in [6.45, 7) is 3.13. The second-order valence-corrected chi connectivity index (χ2v) is 5.01. The summed E-state index contributed by atoms with van der Waals surface area (Å²) in [7, 11) is 0. The van der Waals surface area contributed by atoms with Crippen LogP contribution in [0.2, 0.25) is 10.0 Å². The lowest BCUT2D eigenvalue weighted by molar-refractivity contribution is 0.244. The highest BCUT2D eigenvalue weighted by atomic mass is 35.5. The first-order valence-corrected chi connectivity index (χ1v) is 6.07. The Morgan fingerprint density at radius 1 is 1.56 bits per heavy atom. The summed E-state index contributed by atoms with van der Waals surface area (Å²) >= 11 is 11.9. The third-order valence-corrected chi connectivity index (χ3v) is 3.61. The second kappa shape index (κ2) is 4.78. The van der Waals surface area contributed by atoms with Crippen molar-refractivity contribution in [1.29, 1.82) is 0 Å². The van der Waals surface area contributed by atoms with Crippen LogP contribution in [0.25, 0.3) is 0 Å². The van der Waals surface area contributed by atoms with Crippen LogP contribution in [0.5, 0.6) is 0 Å². The summed E-state index contributed by atoms with van der Waals surface area (Å²) in [6.07, 6.45) is 2.63. The van der Waals surface area contributed by atoms with E-state index < -0.39 is 0 Å². The summed E-state index contributed by atoms with van der Waals surface area (Å²) in [4.78, 5) is 6.30. The Morgan fingerprint density at radius 3 is 2.94 bits per heavy atom.